The highest BCUT2D eigenvalue weighted by atomic mass is 35.5. The van der Waals surface area contributed by atoms with Crippen molar-refractivity contribution in [3.63, 3.8) is 0 Å². The second-order valence-electron chi connectivity index (χ2n) is 5.23. The zero-order valence-electron chi connectivity index (χ0n) is 13.6. The standard InChI is InChI=1S/C18H18ClNO4S/c1-14(16-9-5-6-10-17(16)19)24-18(21)13-20-25(22,23)12-11-15-7-3-2-4-8-15/h2-12,14,20H,13H2,1H3/b12-11+/t14-/m1/s1. The summed E-state index contributed by atoms with van der Waals surface area (Å²) in [7, 11) is -3.74. The third-order valence-electron chi connectivity index (χ3n) is 3.31. The van der Waals surface area contributed by atoms with E-state index >= 15 is 0 Å². The highest BCUT2D eigenvalue weighted by molar-refractivity contribution is 7.92. The molecule has 5 nitrogen and oxygen atoms in total. The van der Waals surface area contributed by atoms with E-state index in [2.05, 4.69) is 4.72 Å². The Hall–Kier alpha value is -2.15. The van der Waals surface area contributed by atoms with E-state index in [1.807, 2.05) is 6.07 Å². The number of hydrogen-bond acceptors (Lipinski definition) is 4. The van der Waals surface area contributed by atoms with E-state index in [-0.39, 0.29) is 0 Å². The molecule has 0 amide bonds. The second kappa shape index (κ2) is 8.80. The van der Waals surface area contributed by atoms with Gasteiger partial charge in [-0.1, -0.05) is 60.1 Å². The molecule has 25 heavy (non-hydrogen) atoms. The summed E-state index contributed by atoms with van der Waals surface area (Å²) >= 11 is 6.04. The maximum absolute atomic E-state index is 11.9. The van der Waals surface area contributed by atoms with Crippen molar-refractivity contribution in [1.82, 2.24) is 4.72 Å². The summed E-state index contributed by atoms with van der Waals surface area (Å²) in [5.41, 5.74) is 1.40. The minimum absolute atomic E-state index is 0.462. The number of esters is 1. The van der Waals surface area contributed by atoms with Gasteiger partial charge < -0.3 is 4.74 Å². The molecule has 2 rings (SSSR count). The molecule has 2 aromatic carbocycles. The number of nitrogens with one attached hydrogen (secondary N) is 1. The minimum Gasteiger partial charge on any atom is -0.457 e. The van der Waals surface area contributed by atoms with Gasteiger partial charge >= 0.3 is 5.97 Å². The monoisotopic (exact) mass is 379 g/mol. The number of carbonyl (C=O) groups is 1. The van der Waals surface area contributed by atoms with Gasteiger partial charge in [0.2, 0.25) is 10.0 Å². The van der Waals surface area contributed by atoms with E-state index in [0.717, 1.165) is 11.0 Å². The zero-order valence-corrected chi connectivity index (χ0v) is 15.1. The zero-order chi connectivity index (χ0) is 18.3. The number of benzene rings is 2. The van der Waals surface area contributed by atoms with Gasteiger partial charge in [0, 0.05) is 16.0 Å². The van der Waals surface area contributed by atoms with Crippen LogP contribution in [0, 0.1) is 0 Å². The van der Waals surface area contributed by atoms with Crippen LogP contribution >= 0.6 is 11.6 Å². The largest absolute Gasteiger partial charge is 0.457 e. The first-order valence-corrected chi connectivity index (χ1v) is 9.46. The quantitative estimate of drug-likeness (QED) is 0.747. The van der Waals surface area contributed by atoms with Gasteiger partial charge in [-0.2, -0.15) is 0 Å². The smallest absolute Gasteiger partial charge is 0.321 e. The van der Waals surface area contributed by atoms with Crippen LogP contribution in [0.25, 0.3) is 6.08 Å². The van der Waals surface area contributed by atoms with Crippen molar-refractivity contribution in [2.45, 2.75) is 13.0 Å². The normalized spacial score (nSPS) is 12.9. The predicted octanol–water partition coefficient (Wildman–Crippen LogP) is 3.53. The Morgan fingerprint density at radius 2 is 1.80 bits per heavy atom. The Bertz CT molecular complexity index is 850. The van der Waals surface area contributed by atoms with Crippen molar-refractivity contribution in [2.75, 3.05) is 6.54 Å². The molecular formula is C18H18ClNO4S. The molecule has 0 radical (unpaired) electrons. The fraction of sp³-hybridized carbons (Fsp3) is 0.167. The third-order valence-corrected chi connectivity index (χ3v) is 4.69. The molecule has 0 aliphatic carbocycles. The molecule has 0 aliphatic heterocycles. The molecule has 0 heterocycles. The molecule has 0 aliphatic rings. The number of halogens is 1. The predicted molar refractivity (Wildman–Crippen MR) is 98.4 cm³/mol. The van der Waals surface area contributed by atoms with Crippen LogP contribution in [0.3, 0.4) is 0 Å². The van der Waals surface area contributed by atoms with Gasteiger partial charge in [0.05, 0.1) is 0 Å². The Kier molecular flexibility index (Phi) is 6.75. The van der Waals surface area contributed by atoms with Crippen LogP contribution in [0.15, 0.2) is 60.0 Å². The van der Waals surface area contributed by atoms with Crippen molar-refractivity contribution in [3.05, 3.63) is 76.2 Å². The molecule has 0 saturated heterocycles. The SMILES string of the molecule is C[C@@H](OC(=O)CNS(=O)(=O)/C=C/c1ccccc1)c1ccccc1Cl. The van der Waals surface area contributed by atoms with Gasteiger partial charge in [0.15, 0.2) is 0 Å². The number of rotatable bonds is 7. The lowest BCUT2D eigenvalue weighted by Gasteiger charge is -2.15. The highest BCUT2D eigenvalue weighted by Gasteiger charge is 2.16. The summed E-state index contributed by atoms with van der Waals surface area (Å²) < 4.78 is 31.2. The first kappa shape index (κ1) is 19.2. The Morgan fingerprint density at radius 3 is 2.48 bits per heavy atom. The average molecular weight is 380 g/mol. The van der Waals surface area contributed by atoms with Crippen LogP contribution in [0.5, 0.6) is 0 Å². The molecule has 7 heteroatoms. The van der Waals surface area contributed by atoms with Gasteiger partial charge in [0.25, 0.3) is 0 Å². The van der Waals surface area contributed by atoms with Gasteiger partial charge in [0.1, 0.15) is 12.6 Å². The third kappa shape index (κ3) is 6.34. The Morgan fingerprint density at radius 1 is 1.16 bits per heavy atom. The van der Waals surface area contributed by atoms with Crippen LogP contribution in [0.1, 0.15) is 24.2 Å². The lowest BCUT2D eigenvalue weighted by atomic mass is 10.1. The topological polar surface area (TPSA) is 72.5 Å². The number of sulfonamides is 1. The Labute approximate surface area is 152 Å². The maximum atomic E-state index is 11.9. The van der Waals surface area contributed by atoms with Crippen molar-refractivity contribution in [2.24, 2.45) is 0 Å². The molecule has 132 valence electrons. The molecular weight excluding hydrogens is 362 g/mol. The highest BCUT2D eigenvalue weighted by Crippen LogP contribution is 2.24. The number of ether oxygens (including phenoxy) is 1. The van der Waals surface area contributed by atoms with E-state index in [1.165, 1.54) is 6.08 Å². The van der Waals surface area contributed by atoms with Crippen LogP contribution in [-0.4, -0.2) is 20.9 Å². The molecule has 0 fully saturated rings. The van der Waals surface area contributed by atoms with Gasteiger partial charge in [-0.25, -0.2) is 13.1 Å². The fourth-order valence-electron chi connectivity index (χ4n) is 2.05. The molecule has 0 bridgehead atoms. The summed E-state index contributed by atoms with van der Waals surface area (Å²) in [6, 6.07) is 16.0. The van der Waals surface area contributed by atoms with Gasteiger partial charge in [-0.05, 0) is 24.6 Å². The second-order valence-corrected chi connectivity index (χ2v) is 7.29. The van der Waals surface area contributed by atoms with Gasteiger partial charge in [-0.15, -0.1) is 0 Å². The van der Waals surface area contributed by atoms with E-state index in [1.54, 1.807) is 55.5 Å². The van der Waals surface area contributed by atoms with Gasteiger partial charge in [-0.3, -0.25) is 4.79 Å². The molecule has 1 atom stereocenters. The maximum Gasteiger partial charge on any atom is 0.321 e. The van der Waals surface area contributed by atoms with Crippen molar-refractivity contribution < 1.29 is 17.9 Å². The lowest BCUT2D eigenvalue weighted by Crippen LogP contribution is -2.29. The van der Waals surface area contributed by atoms with Crippen LogP contribution < -0.4 is 4.72 Å². The summed E-state index contributed by atoms with van der Waals surface area (Å²) in [5, 5.41) is 1.49. The summed E-state index contributed by atoms with van der Waals surface area (Å²) in [4.78, 5) is 11.8. The first-order chi connectivity index (χ1) is 11.9. The average Bonchev–Trinajstić information content (AvgIpc) is 2.60. The van der Waals surface area contributed by atoms with Crippen molar-refractivity contribution >= 4 is 33.7 Å². The molecule has 0 aromatic heterocycles. The van der Waals surface area contributed by atoms with Crippen LogP contribution in [-0.2, 0) is 19.6 Å². The summed E-state index contributed by atoms with van der Waals surface area (Å²) in [6.07, 6.45) is 0.866. The van der Waals surface area contributed by atoms with Crippen molar-refractivity contribution in [1.29, 1.82) is 0 Å². The molecule has 2 aromatic rings. The van der Waals surface area contributed by atoms with E-state index in [0.29, 0.717) is 10.6 Å². The molecule has 0 unspecified atom stereocenters. The Balaban J connectivity index is 1.88. The number of hydrogen-bond donors (Lipinski definition) is 1. The van der Waals surface area contributed by atoms with E-state index in [4.69, 9.17) is 16.3 Å². The van der Waals surface area contributed by atoms with E-state index in [9.17, 15) is 13.2 Å². The summed E-state index contributed by atoms with van der Waals surface area (Å²) in [5.74, 6) is -0.691. The van der Waals surface area contributed by atoms with Crippen LogP contribution in [0.2, 0.25) is 5.02 Å². The van der Waals surface area contributed by atoms with Crippen molar-refractivity contribution in [3.8, 4) is 0 Å². The molecule has 0 spiro atoms. The first-order valence-electron chi connectivity index (χ1n) is 7.54. The molecule has 0 saturated carbocycles. The van der Waals surface area contributed by atoms with Crippen LogP contribution in [0.4, 0.5) is 0 Å². The lowest BCUT2D eigenvalue weighted by molar-refractivity contribution is -0.147. The molecule has 1 N–H and O–H groups in total. The summed E-state index contributed by atoms with van der Waals surface area (Å²) in [6.45, 7) is 1.21. The number of carbonyl (C=O) groups excluding carboxylic acids is 1. The minimum atomic E-state index is -3.74. The fourth-order valence-corrected chi connectivity index (χ4v) is 3.09. The van der Waals surface area contributed by atoms with E-state index < -0.39 is 28.6 Å².